The molecule has 3 aromatic heterocycles. The van der Waals surface area contributed by atoms with Crippen LogP contribution in [0.25, 0.3) is 10.9 Å². The smallest absolute Gasteiger partial charge is 0.303 e. The Labute approximate surface area is 276 Å². The lowest BCUT2D eigenvalue weighted by molar-refractivity contribution is -0.143. The second-order valence-electron chi connectivity index (χ2n) is 11.0. The third kappa shape index (κ3) is 7.45. The SMILES string of the molecule is COc1nc2c(C)cc(C(O)(c3cncn3C)c3cncn3C)cc2c(Cl)c1Cc1ccc(S(C)(=O)=O)cc1.O=C(O)CCC(=O)O. The van der Waals surface area contributed by atoms with Crippen molar-refractivity contribution in [3.63, 3.8) is 0 Å². The lowest BCUT2D eigenvalue weighted by atomic mass is 9.85. The normalized spacial score (nSPS) is 11.6. The first kappa shape index (κ1) is 35.1. The Balaban J connectivity index is 0.000000555. The van der Waals surface area contributed by atoms with E-state index in [1.165, 1.54) is 13.4 Å². The number of aryl methyl sites for hydroxylation is 3. The minimum Gasteiger partial charge on any atom is -0.481 e. The number of carboxylic acid groups (broad SMARTS) is 2. The van der Waals surface area contributed by atoms with Crippen LogP contribution in [-0.4, -0.2) is 73.1 Å². The molecule has 5 rings (SSSR count). The lowest BCUT2D eigenvalue weighted by Gasteiger charge is -2.30. The number of aliphatic carboxylic acids is 2. The Morgan fingerprint density at radius 2 is 1.49 bits per heavy atom. The molecule has 3 N–H and O–H groups in total. The Kier molecular flexibility index (Phi) is 10.4. The van der Waals surface area contributed by atoms with Crippen LogP contribution in [0.15, 0.2) is 66.3 Å². The summed E-state index contributed by atoms with van der Waals surface area (Å²) in [6.45, 7) is 1.91. The summed E-state index contributed by atoms with van der Waals surface area (Å²) in [5.74, 6) is -1.77. The molecular weight excluding hydrogens is 650 g/mol. The van der Waals surface area contributed by atoms with Gasteiger partial charge in [-0.3, -0.25) is 9.59 Å². The highest BCUT2D eigenvalue weighted by Crippen LogP contribution is 2.41. The largest absolute Gasteiger partial charge is 0.481 e. The molecule has 0 radical (unpaired) electrons. The molecule has 0 bridgehead atoms. The number of rotatable bonds is 10. The topological polar surface area (TPSA) is 187 Å². The Morgan fingerprint density at radius 1 is 0.957 bits per heavy atom. The van der Waals surface area contributed by atoms with Crippen molar-refractivity contribution in [1.29, 1.82) is 0 Å². The number of benzene rings is 2. The molecule has 5 aromatic rings. The van der Waals surface area contributed by atoms with Gasteiger partial charge in [-0.1, -0.05) is 29.8 Å². The summed E-state index contributed by atoms with van der Waals surface area (Å²) in [6, 6.07) is 10.4. The van der Waals surface area contributed by atoms with Crippen molar-refractivity contribution in [1.82, 2.24) is 24.1 Å². The van der Waals surface area contributed by atoms with Crippen molar-refractivity contribution in [3.05, 3.63) is 100 Å². The first-order chi connectivity index (χ1) is 22.1. The summed E-state index contributed by atoms with van der Waals surface area (Å²) < 4.78 is 32.9. The third-order valence-electron chi connectivity index (χ3n) is 7.54. The van der Waals surface area contributed by atoms with E-state index in [4.69, 9.17) is 31.5 Å². The number of sulfone groups is 1. The van der Waals surface area contributed by atoms with E-state index in [1.54, 1.807) is 58.4 Å². The average Bonchev–Trinajstić information content (AvgIpc) is 3.65. The standard InChI is InChI=1S/C28H28ClN5O4S.C4H6O4/c1-17-10-19(28(35,23-13-30-15-33(23)2)24-14-31-16-34(24)3)12-21-25(29)22(27(38-4)32-26(17)21)11-18-6-8-20(9-7-18)39(5,36)37;5-3(6)1-2-4(7)8/h6-10,12-16,35H,11H2,1-5H3;1-2H2,(H,5,6)(H,7,8). The number of imidazole rings is 2. The summed E-state index contributed by atoms with van der Waals surface area (Å²) in [5, 5.41) is 29.3. The summed E-state index contributed by atoms with van der Waals surface area (Å²) >= 11 is 7.05. The molecule has 248 valence electrons. The number of aliphatic hydroxyl groups is 1. The predicted octanol–water partition coefficient (Wildman–Crippen LogP) is 3.89. The molecule has 47 heavy (non-hydrogen) atoms. The highest BCUT2D eigenvalue weighted by atomic mass is 35.5. The molecule has 2 aromatic carbocycles. The van der Waals surface area contributed by atoms with Crippen LogP contribution < -0.4 is 4.74 Å². The fraction of sp³-hybridized carbons (Fsp3) is 0.281. The number of pyridine rings is 1. The van der Waals surface area contributed by atoms with E-state index >= 15 is 0 Å². The van der Waals surface area contributed by atoms with Crippen LogP contribution in [0, 0.1) is 6.92 Å². The Bertz CT molecular complexity index is 2000. The van der Waals surface area contributed by atoms with Crippen LogP contribution in [-0.2, 0) is 45.5 Å². The maximum Gasteiger partial charge on any atom is 0.303 e. The first-order valence-electron chi connectivity index (χ1n) is 14.1. The molecule has 0 saturated heterocycles. The zero-order valence-corrected chi connectivity index (χ0v) is 27.9. The minimum absolute atomic E-state index is 0.242. The van der Waals surface area contributed by atoms with Crippen molar-refractivity contribution >= 4 is 44.3 Å². The van der Waals surface area contributed by atoms with Crippen LogP contribution >= 0.6 is 11.6 Å². The number of ether oxygens (including phenoxy) is 1. The number of aromatic nitrogens is 5. The van der Waals surface area contributed by atoms with Crippen LogP contribution in [0.2, 0.25) is 5.02 Å². The summed E-state index contributed by atoms with van der Waals surface area (Å²) in [4.78, 5) is 32.8. The predicted molar refractivity (Wildman–Crippen MR) is 173 cm³/mol. The van der Waals surface area contributed by atoms with Gasteiger partial charge in [0.1, 0.15) is 0 Å². The van der Waals surface area contributed by atoms with Gasteiger partial charge in [0.2, 0.25) is 5.88 Å². The van der Waals surface area contributed by atoms with Gasteiger partial charge < -0.3 is 29.2 Å². The van der Waals surface area contributed by atoms with Gasteiger partial charge in [0.05, 0.1) is 71.8 Å². The van der Waals surface area contributed by atoms with Gasteiger partial charge in [-0.15, -0.1) is 0 Å². The lowest BCUT2D eigenvalue weighted by Crippen LogP contribution is -2.33. The molecule has 13 nitrogen and oxygen atoms in total. The molecule has 0 spiro atoms. The van der Waals surface area contributed by atoms with Crippen LogP contribution in [0.5, 0.6) is 5.88 Å². The maximum absolute atomic E-state index is 12.4. The first-order valence-corrected chi connectivity index (χ1v) is 16.4. The summed E-state index contributed by atoms with van der Waals surface area (Å²) in [7, 11) is 1.87. The molecule has 0 fully saturated rings. The molecule has 0 amide bonds. The Morgan fingerprint density at radius 3 is 1.91 bits per heavy atom. The average molecular weight is 684 g/mol. The molecule has 0 aliphatic carbocycles. The number of hydrogen-bond acceptors (Lipinski definition) is 9. The van der Waals surface area contributed by atoms with Gasteiger partial charge in [-0.05, 0) is 41.8 Å². The van der Waals surface area contributed by atoms with Gasteiger partial charge in [0, 0.05) is 37.7 Å². The third-order valence-corrected chi connectivity index (χ3v) is 9.10. The molecule has 15 heteroatoms. The van der Waals surface area contributed by atoms with Crippen molar-refractivity contribution in [2.24, 2.45) is 14.1 Å². The van der Waals surface area contributed by atoms with Crippen molar-refractivity contribution in [3.8, 4) is 5.88 Å². The van der Waals surface area contributed by atoms with Crippen LogP contribution in [0.1, 0.15) is 46.5 Å². The van der Waals surface area contributed by atoms with Gasteiger partial charge in [-0.25, -0.2) is 23.4 Å². The highest BCUT2D eigenvalue weighted by Gasteiger charge is 2.39. The number of carboxylic acids is 2. The van der Waals surface area contributed by atoms with E-state index < -0.39 is 27.4 Å². The number of halogens is 1. The number of fused-ring (bicyclic) bond motifs is 1. The maximum atomic E-state index is 12.4. The molecule has 0 saturated carbocycles. The van der Waals surface area contributed by atoms with Gasteiger partial charge in [-0.2, -0.15) is 0 Å². The molecule has 3 heterocycles. The number of nitrogens with zero attached hydrogens (tertiary/aromatic N) is 5. The molecule has 0 aliphatic heterocycles. The van der Waals surface area contributed by atoms with Gasteiger partial charge >= 0.3 is 11.9 Å². The van der Waals surface area contributed by atoms with Crippen molar-refractivity contribution < 1.29 is 38.1 Å². The van der Waals surface area contributed by atoms with E-state index in [1.807, 2.05) is 33.2 Å². The van der Waals surface area contributed by atoms with E-state index in [2.05, 4.69) is 9.97 Å². The van der Waals surface area contributed by atoms with E-state index in [0.717, 1.165) is 11.1 Å². The van der Waals surface area contributed by atoms with Crippen LogP contribution in [0.4, 0.5) is 0 Å². The van der Waals surface area contributed by atoms with Gasteiger partial charge in [0.15, 0.2) is 15.4 Å². The summed E-state index contributed by atoms with van der Waals surface area (Å²) in [5.41, 5.74) is 3.07. The molecule has 0 aliphatic rings. The zero-order valence-electron chi connectivity index (χ0n) is 26.3. The van der Waals surface area contributed by atoms with Crippen LogP contribution in [0.3, 0.4) is 0 Å². The molecular formula is C32H34ClN5O8S. The summed E-state index contributed by atoms with van der Waals surface area (Å²) in [6.07, 6.45) is 7.48. The fourth-order valence-corrected chi connectivity index (χ4v) is 6.09. The second kappa shape index (κ2) is 13.9. The fourth-order valence-electron chi connectivity index (χ4n) is 5.16. The number of hydrogen-bond donors (Lipinski definition) is 3. The van der Waals surface area contributed by atoms with Crippen molar-refractivity contribution in [2.45, 2.75) is 36.7 Å². The second-order valence-corrected chi connectivity index (χ2v) is 13.4. The minimum atomic E-state index is -3.31. The zero-order chi connectivity index (χ0) is 34.7. The highest BCUT2D eigenvalue weighted by molar-refractivity contribution is 7.90. The van der Waals surface area contributed by atoms with E-state index in [9.17, 15) is 23.1 Å². The number of carbonyl (C=O) groups is 2. The monoisotopic (exact) mass is 683 g/mol. The number of methoxy groups -OCH3 is 1. The van der Waals surface area contributed by atoms with E-state index in [-0.39, 0.29) is 17.7 Å². The molecule has 0 atom stereocenters. The molecule has 0 unspecified atom stereocenters. The van der Waals surface area contributed by atoms with Gasteiger partial charge in [0.25, 0.3) is 0 Å². The quantitative estimate of drug-likeness (QED) is 0.194. The van der Waals surface area contributed by atoms with E-state index in [0.29, 0.717) is 50.7 Å². The van der Waals surface area contributed by atoms with Crippen molar-refractivity contribution in [2.75, 3.05) is 13.4 Å². The Hall–Kier alpha value is -4.79.